The molecule has 2 N–H and O–H groups in total. The highest BCUT2D eigenvalue weighted by molar-refractivity contribution is 6.31. The fourth-order valence-corrected chi connectivity index (χ4v) is 1.43. The second-order valence-corrected chi connectivity index (χ2v) is 3.74. The van der Waals surface area contributed by atoms with Crippen LogP contribution in [0.4, 0.5) is 8.78 Å². The summed E-state index contributed by atoms with van der Waals surface area (Å²) in [6, 6.07) is 4.15. The summed E-state index contributed by atoms with van der Waals surface area (Å²) in [4.78, 5) is 0. The van der Waals surface area contributed by atoms with Gasteiger partial charge in [-0.1, -0.05) is 17.7 Å². The van der Waals surface area contributed by atoms with Crippen LogP contribution in [0, 0.1) is 0 Å². The standard InChI is InChI=1S/C10H12ClF2N/c1-6(14)4-8-5-7(10(12)13)2-3-9(8)11/h2-3,5-6,10H,4,14H2,1H3. The molecule has 0 fully saturated rings. The van der Waals surface area contributed by atoms with Crippen molar-refractivity contribution in [2.24, 2.45) is 5.73 Å². The molecule has 1 aromatic rings. The smallest absolute Gasteiger partial charge is 0.263 e. The predicted octanol–water partition coefficient (Wildman–Crippen LogP) is 3.17. The molecular formula is C10H12ClF2N. The summed E-state index contributed by atoms with van der Waals surface area (Å²) < 4.78 is 24.7. The van der Waals surface area contributed by atoms with Gasteiger partial charge in [0.05, 0.1) is 0 Å². The highest BCUT2D eigenvalue weighted by Gasteiger charge is 2.10. The first-order chi connectivity index (χ1) is 6.50. The van der Waals surface area contributed by atoms with Gasteiger partial charge in [0.15, 0.2) is 0 Å². The lowest BCUT2D eigenvalue weighted by atomic mass is 10.0. The van der Waals surface area contributed by atoms with Crippen molar-refractivity contribution < 1.29 is 8.78 Å². The van der Waals surface area contributed by atoms with Crippen molar-refractivity contribution in [2.45, 2.75) is 25.8 Å². The summed E-state index contributed by atoms with van der Waals surface area (Å²) in [5, 5.41) is 0.492. The normalized spacial score (nSPS) is 13.3. The largest absolute Gasteiger partial charge is 0.328 e. The molecule has 0 aliphatic rings. The number of hydrogen-bond donors (Lipinski definition) is 1. The average molecular weight is 220 g/mol. The minimum Gasteiger partial charge on any atom is -0.328 e. The van der Waals surface area contributed by atoms with Crippen LogP contribution < -0.4 is 5.73 Å². The van der Waals surface area contributed by atoms with Crippen molar-refractivity contribution >= 4 is 11.6 Å². The van der Waals surface area contributed by atoms with Crippen LogP contribution >= 0.6 is 11.6 Å². The van der Waals surface area contributed by atoms with Gasteiger partial charge in [-0.3, -0.25) is 0 Å². The van der Waals surface area contributed by atoms with Crippen molar-refractivity contribution in [1.82, 2.24) is 0 Å². The van der Waals surface area contributed by atoms with Crippen LogP contribution in [-0.4, -0.2) is 6.04 Å². The number of alkyl halides is 2. The van der Waals surface area contributed by atoms with Gasteiger partial charge < -0.3 is 5.73 Å². The Hall–Kier alpha value is -0.670. The van der Waals surface area contributed by atoms with Crippen LogP contribution in [0.25, 0.3) is 0 Å². The number of halogens is 3. The first kappa shape index (κ1) is 11.4. The Bertz CT molecular complexity index is 313. The van der Waals surface area contributed by atoms with E-state index in [1.807, 2.05) is 6.92 Å². The van der Waals surface area contributed by atoms with Gasteiger partial charge in [0.1, 0.15) is 0 Å². The maximum atomic E-state index is 12.3. The summed E-state index contributed by atoms with van der Waals surface area (Å²) in [6.45, 7) is 1.81. The van der Waals surface area contributed by atoms with Crippen molar-refractivity contribution in [2.75, 3.05) is 0 Å². The van der Waals surface area contributed by atoms with Crippen molar-refractivity contribution in [1.29, 1.82) is 0 Å². The van der Waals surface area contributed by atoms with Crippen molar-refractivity contribution in [3.63, 3.8) is 0 Å². The van der Waals surface area contributed by atoms with Crippen LogP contribution in [0.5, 0.6) is 0 Å². The van der Waals surface area contributed by atoms with E-state index in [0.717, 1.165) is 0 Å². The van der Waals surface area contributed by atoms with Crippen LogP contribution in [0.3, 0.4) is 0 Å². The molecule has 1 aromatic carbocycles. The molecule has 0 aliphatic heterocycles. The molecule has 0 heterocycles. The number of nitrogens with two attached hydrogens (primary N) is 1. The summed E-state index contributed by atoms with van der Waals surface area (Å²) in [5.74, 6) is 0. The molecule has 1 atom stereocenters. The van der Waals surface area contributed by atoms with Gasteiger partial charge in [0, 0.05) is 16.6 Å². The molecule has 78 valence electrons. The lowest BCUT2D eigenvalue weighted by Crippen LogP contribution is -2.18. The molecule has 0 bridgehead atoms. The molecule has 0 spiro atoms. The number of benzene rings is 1. The van der Waals surface area contributed by atoms with Gasteiger partial charge in [-0.05, 0) is 31.0 Å². The molecule has 0 amide bonds. The van der Waals surface area contributed by atoms with E-state index in [1.54, 1.807) is 0 Å². The van der Waals surface area contributed by atoms with Gasteiger partial charge in [-0.25, -0.2) is 8.78 Å². The first-order valence-corrected chi connectivity index (χ1v) is 4.70. The average Bonchev–Trinajstić information content (AvgIpc) is 2.07. The van der Waals surface area contributed by atoms with Gasteiger partial charge in [-0.2, -0.15) is 0 Å². The lowest BCUT2D eigenvalue weighted by molar-refractivity contribution is 0.151. The third-order valence-corrected chi connectivity index (χ3v) is 2.23. The fourth-order valence-electron chi connectivity index (χ4n) is 1.23. The second-order valence-electron chi connectivity index (χ2n) is 3.33. The Morgan fingerprint density at radius 2 is 2.07 bits per heavy atom. The van der Waals surface area contributed by atoms with Crippen molar-refractivity contribution in [3.05, 3.63) is 34.3 Å². The molecule has 1 unspecified atom stereocenters. The van der Waals surface area contributed by atoms with Crippen LogP contribution in [-0.2, 0) is 6.42 Å². The maximum Gasteiger partial charge on any atom is 0.263 e. The van der Waals surface area contributed by atoms with Gasteiger partial charge in [0.2, 0.25) is 0 Å². The molecule has 1 nitrogen and oxygen atoms in total. The second kappa shape index (κ2) is 4.71. The monoisotopic (exact) mass is 219 g/mol. The number of hydrogen-bond acceptors (Lipinski definition) is 1. The molecule has 0 saturated heterocycles. The van der Waals surface area contributed by atoms with Crippen LogP contribution in [0.1, 0.15) is 24.5 Å². The fraction of sp³-hybridized carbons (Fsp3) is 0.400. The highest BCUT2D eigenvalue weighted by atomic mass is 35.5. The molecule has 0 saturated carbocycles. The lowest BCUT2D eigenvalue weighted by Gasteiger charge is -2.09. The Kier molecular flexibility index (Phi) is 3.84. The molecule has 14 heavy (non-hydrogen) atoms. The number of rotatable bonds is 3. The SMILES string of the molecule is CC(N)Cc1cc(C(F)F)ccc1Cl. The molecule has 0 aromatic heterocycles. The molecule has 0 radical (unpaired) electrons. The highest BCUT2D eigenvalue weighted by Crippen LogP contribution is 2.25. The zero-order valence-corrected chi connectivity index (χ0v) is 8.56. The van der Waals surface area contributed by atoms with Gasteiger partial charge in [0.25, 0.3) is 6.43 Å². The van der Waals surface area contributed by atoms with E-state index < -0.39 is 6.43 Å². The van der Waals surface area contributed by atoms with Crippen LogP contribution in [0.2, 0.25) is 5.02 Å². The Morgan fingerprint density at radius 3 is 2.57 bits per heavy atom. The quantitative estimate of drug-likeness (QED) is 0.830. The summed E-state index contributed by atoms with van der Waals surface area (Å²) in [7, 11) is 0. The molecule has 0 aliphatic carbocycles. The predicted molar refractivity (Wildman–Crippen MR) is 53.8 cm³/mol. The minimum absolute atomic E-state index is 0.00921. The Balaban J connectivity index is 2.96. The Morgan fingerprint density at radius 1 is 1.43 bits per heavy atom. The topological polar surface area (TPSA) is 26.0 Å². The summed E-state index contributed by atoms with van der Waals surface area (Å²) in [6.07, 6.45) is -1.95. The minimum atomic E-state index is -2.46. The van der Waals surface area contributed by atoms with Crippen molar-refractivity contribution in [3.8, 4) is 0 Å². The zero-order chi connectivity index (χ0) is 10.7. The van der Waals surface area contributed by atoms with E-state index in [9.17, 15) is 8.78 Å². The summed E-state index contributed by atoms with van der Waals surface area (Å²) in [5.41, 5.74) is 6.24. The molecular weight excluding hydrogens is 208 g/mol. The third-order valence-electron chi connectivity index (χ3n) is 1.86. The van der Waals surface area contributed by atoms with E-state index in [1.165, 1.54) is 18.2 Å². The van der Waals surface area contributed by atoms with E-state index in [0.29, 0.717) is 17.0 Å². The van der Waals surface area contributed by atoms with Gasteiger partial charge >= 0.3 is 0 Å². The summed E-state index contributed by atoms with van der Waals surface area (Å²) >= 11 is 5.84. The molecule has 4 heteroatoms. The van der Waals surface area contributed by atoms with E-state index in [-0.39, 0.29) is 11.6 Å². The zero-order valence-electron chi connectivity index (χ0n) is 7.81. The third kappa shape index (κ3) is 2.93. The van der Waals surface area contributed by atoms with E-state index in [4.69, 9.17) is 17.3 Å². The first-order valence-electron chi connectivity index (χ1n) is 4.32. The van der Waals surface area contributed by atoms with E-state index in [2.05, 4.69) is 0 Å². The maximum absolute atomic E-state index is 12.3. The van der Waals surface area contributed by atoms with Gasteiger partial charge in [-0.15, -0.1) is 0 Å². The Labute approximate surface area is 86.9 Å². The van der Waals surface area contributed by atoms with Crippen LogP contribution in [0.15, 0.2) is 18.2 Å². The van der Waals surface area contributed by atoms with E-state index >= 15 is 0 Å². The molecule has 1 rings (SSSR count).